The van der Waals surface area contributed by atoms with Crippen LogP contribution in [0.15, 0.2) is 53.6 Å². The summed E-state index contributed by atoms with van der Waals surface area (Å²) in [6.45, 7) is 0. The minimum atomic E-state index is -1.05. The number of aliphatic carboxylic acids is 1. The molecule has 9 heteroatoms. The summed E-state index contributed by atoms with van der Waals surface area (Å²) in [4.78, 5) is 28.4. The molecule has 0 unspecified atom stereocenters. The van der Waals surface area contributed by atoms with Crippen LogP contribution >= 0.6 is 23.2 Å². The van der Waals surface area contributed by atoms with Gasteiger partial charge in [-0.25, -0.2) is 9.99 Å². The SMILES string of the molecule is COc1ccc2nc(Cl)c([C@@H]3CC(c4ccccc4Cl)=NN3C(=O)CCC(=O)O)cc2c1. The van der Waals surface area contributed by atoms with Crippen molar-refractivity contribution in [2.24, 2.45) is 5.10 Å². The number of hydrazone groups is 1. The van der Waals surface area contributed by atoms with Gasteiger partial charge in [0.05, 0.1) is 30.8 Å². The fourth-order valence-electron chi connectivity index (χ4n) is 3.68. The third-order valence-electron chi connectivity index (χ3n) is 5.26. The van der Waals surface area contributed by atoms with Gasteiger partial charge in [-0.1, -0.05) is 41.4 Å². The number of amides is 1. The average molecular weight is 472 g/mol. The van der Waals surface area contributed by atoms with E-state index in [0.717, 1.165) is 5.39 Å². The highest BCUT2D eigenvalue weighted by molar-refractivity contribution is 6.34. The van der Waals surface area contributed by atoms with Gasteiger partial charge in [-0.3, -0.25) is 9.59 Å². The van der Waals surface area contributed by atoms with Gasteiger partial charge in [-0.2, -0.15) is 5.10 Å². The fraction of sp³-hybridized carbons (Fsp3) is 0.217. The molecule has 0 saturated heterocycles. The second-order valence-electron chi connectivity index (χ2n) is 7.31. The van der Waals surface area contributed by atoms with Crippen molar-refractivity contribution in [3.8, 4) is 5.75 Å². The van der Waals surface area contributed by atoms with Gasteiger partial charge in [-0.15, -0.1) is 0 Å². The van der Waals surface area contributed by atoms with E-state index in [0.29, 0.717) is 39.5 Å². The molecule has 0 fully saturated rings. The normalized spacial score (nSPS) is 15.7. The Balaban J connectivity index is 1.77. The number of carbonyl (C=O) groups is 2. The van der Waals surface area contributed by atoms with Crippen molar-refractivity contribution in [2.75, 3.05) is 7.11 Å². The molecule has 0 radical (unpaired) electrons. The van der Waals surface area contributed by atoms with E-state index in [1.807, 2.05) is 30.3 Å². The maximum atomic E-state index is 12.9. The first-order chi connectivity index (χ1) is 15.4. The summed E-state index contributed by atoms with van der Waals surface area (Å²) in [5.74, 6) is -0.801. The van der Waals surface area contributed by atoms with Crippen molar-refractivity contribution in [3.63, 3.8) is 0 Å². The summed E-state index contributed by atoms with van der Waals surface area (Å²) in [6, 6.07) is 14.0. The van der Waals surface area contributed by atoms with Crippen molar-refractivity contribution >= 4 is 51.7 Å². The molecule has 2 heterocycles. The smallest absolute Gasteiger partial charge is 0.303 e. The predicted octanol–water partition coefficient (Wildman–Crippen LogP) is 5.09. The number of carboxylic acids is 1. The van der Waals surface area contributed by atoms with E-state index in [4.69, 9.17) is 33.0 Å². The zero-order chi connectivity index (χ0) is 22.8. The lowest BCUT2D eigenvalue weighted by Crippen LogP contribution is -2.27. The van der Waals surface area contributed by atoms with Gasteiger partial charge in [0.1, 0.15) is 10.9 Å². The van der Waals surface area contributed by atoms with E-state index in [-0.39, 0.29) is 18.0 Å². The van der Waals surface area contributed by atoms with Crippen LogP contribution in [-0.4, -0.2) is 39.8 Å². The van der Waals surface area contributed by atoms with Gasteiger partial charge in [0.15, 0.2) is 0 Å². The quantitative estimate of drug-likeness (QED) is 0.505. The van der Waals surface area contributed by atoms with Crippen molar-refractivity contribution < 1.29 is 19.4 Å². The monoisotopic (exact) mass is 471 g/mol. The number of halogens is 2. The van der Waals surface area contributed by atoms with Crippen molar-refractivity contribution in [1.82, 2.24) is 9.99 Å². The zero-order valence-electron chi connectivity index (χ0n) is 17.1. The number of ether oxygens (including phenoxy) is 1. The molecule has 164 valence electrons. The lowest BCUT2D eigenvalue weighted by molar-refractivity contribution is -0.141. The molecule has 1 aromatic heterocycles. The zero-order valence-corrected chi connectivity index (χ0v) is 18.6. The van der Waals surface area contributed by atoms with Gasteiger partial charge >= 0.3 is 5.97 Å². The molecule has 0 saturated carbocycles. The molecule has 0 bridgehead atoms. The molecular formula is C23H19Cl2N3O4. The highest BCUT2D eigenvalue weighted by atomic mass is 35.5. The Labute approximate surface area is 194 Å². The Morgan fingerprint density at radius 1 is 1.16 bits per heavy atom. The number of benzene rings is 2. The second-order valence-corrected chi connectivity index (χ2v) is 8.07. The van der Waals surface area contributed by atoms with Crippen molar-refractivity contribution in [1.29, 1.82) is 0 Å². The van der Waals surface area contributed by atoms with Gasteiger partial charge in [0.2, 0.25) is 5.91 Å². The topological polar surface area (TPSA) is 92.1 Å². The van der Waals surface area contributed by atoms with E-state index < -0.39 is 17.9 Å². The molecular weight excluding hydrogens is 453 g/mol. The van der Waals surface area contributed by atoms with Crippen LogP contribution in [0.4, 0.5) is 0 Å². The van der Waals surface area contributed by atoms with Crippen LogP contribution in [0.2, 0.25) is 10.2 Å². The van der Waals surface area contributed by atoms with E-state index in [1.54, 1.807) is 25.3 Å². The summed E-state index contributed by atoms with van der Waals surface area (Å²) in [6.07, 6.45) is -0.114. The molecule has 0 spiro atoms. The summed E-state index contributed by atoms with van der Waals surface area (Å²) < 4.78 is 5.30. The van der Waals surface area contributed by atoms with E-state index in [2.05, 4.69) is 10.1 Å². The Morgan fingerprint density at radius 3 is 2.66 bits per heavy atom. The van der Waals surface area contributed by atoms with E-state index in [1.165, 1.54) is 5.01 Å². The molecule has 4 rings (SSSR count). The summed E-state index contributed by atoms with van der Waals surface area (Å²) in [5, 5.41) is 16.4. The number of methoxy groups -OCH3 is 1. The third-order valence-corrected chi connectivity index (χ3v) is 5.90. The first-order valence-corrected chi connectivity index (χ1v) is 10.6. The Kier molecular flexibility index (Phi) is 6.30. The fourth-order valence-corrected chi connectivity index (χ4v) is 4.19. The molecule has 2 aromatic carbocycles. The lowest BCUT2D eigenvalue weighted by atomic mass is 9.98. The first kappa shape index (κ1) is 22.0. The number of fused-ring (bicyclic) bond motifs is 1. The molecule has 32 heavy (non-hydrogen) atoms. The molecule has 7 nitrogen and oxygen atoms in total. The average Bonchev–Trinajstić information content (AvgIpc) is 3.22. The Bertz CT molecular complexity index is 1250. The van der Waals surface area contributed by atoms with Crippen LogP contribution in [0, 0.1) is 0 Å². The largest absolute Gasteiger partial charge is 0.497 e. The first-order valence-electron chi connectivity index (χ1n) is 9.88. The van der Waals surface area contributed by atoms with E-state index in [9.17, 15) is 9.59 Å². The summed E-state index contributed by atoms with van der Waals surface area (Å²) in [5.41, 5.74) is 2.63. The number of pyridine rings is 1. The number of rotatable bonds is 6. The second kappa shape index (κ2) is 9.14. The number of aromatic nitrogens is 1. The minimum Gasteiger partial charge on any atom is -0.497 e. The van der Waals surface area contributed by atoms with Crippen LogP contribution in [-0.2, 0) is 9.59 Å². The highest BCUT2D eigenvalue weighted by Gasteiger charge is 2.35. The maximum absolute atomic E-state index is 12.9. The van der Waals surface area contributed by atoms with Gasteiger partial charge in [0, 0.05) is 34.4 Å². The van der Waals surface area contributed by atoms with Crippen LogP contribution in [0.5, 0.6) is 5.75 Å². The molecule has 1 atom stereocenters. The maximum Gasteiger partial charge on any atom is 0.303 e. The van der Waals surface area contributed by atoms with Crippen LogP contribution < -0.4 is 4.74 Å². The molecule has 3 aromatic rings. The molecule has 0 aliphatic carbocycles. The standard InChI is InChI=1S/C23H19Cl2N3O4/c1-32-14-6-7-18-13(10-14)11-16(23(25)26-18)20-12-19(15-4-2-3-5-17(15)24)27-28(20)21(29)8-9-22(30)31/h2-7,10-11,20H,8-9,12H2,1H3,(H,30,31)/t20-/m0/s1. The number of hydrogen-bond acceptors (Lipinski definition) is 5. The lowest BCUT2D eigenvalue weighted by Gasteiger charge is -2.23. The Morgan fingerprint density at radius 2 is 1.94 bits per heavy atom. The molecule has 1 aliphatic heterocycles. The minimum absolute atomic E-state index is 0.183. The van der Waals surface area contributed by atoms with Gasteiger partial charge in [-0.05, 0) is 30.3 Å². The highest BCUT2D eigenvalue weighted by Crippen LogP contribution is 2.39. The summed E-state index contributed by atoms with van der Waals surface area (Å²) in [7, 11) is 1.58. The van der Waals surface area contributed by atoms with Crippen LogP contribution in [0.3, 0.4) is 0 Å². The van der Waals surface area contributed by atoms with Crippen LogP contribution in [0.25, 0.3) is 10.9 Å². The van der Waals surface area contributed by atoms with Crippen molar-refractivity contribution in [2.45, 2.75) is 25.3 Å². The van der Waals surface area contributed by atoms with Crippen LogP contribution in [0.1, 0.15) is 36.4 Å². The molecule has 1 amide bonds. The van der Waals surface area contributed by atoms with Gasteiger partial charge in [0.25, 0.3) is 0 Å². The third kappa shape index (κ3) is 4.40. The number of carbonyl (C=O) groups excluding carboxylic acids is 1. The van der Waals surface area contributed by atoms with Gasteiger partial charge < -0.3 is 9.84 Å². The van der Waals surface area contributed by atoms with E-state index >= 15 is 0 Å². The van der Waals surface area contributed by atoms with Crippen molar-refractivity contribution in [3.05, 3.63) is 69.8 Å². The molecule has 1 N–H and O–H groups in total. The predicted molar refractivity (Wildman–Crippen MR) is 122 cm³/mol. The number of nitrogens with zero attached hydrogens (tertiary/aromatic N) is 3. The Hall–Kier alpha value is -3.16. The number of carboxylic acid groups (broad SMARTS) is 1. The number of hydrogen-bond donors (Lipinski definition) is 1. The summed E-state index contributed by atoms with van der Waals surface area (Å²) >= 11 is 12.9. The molecule has 1 aliphatic rings.